The summed E-state index contributed by atoms with van der Waals surface area (Å²) >= 11 is 0. The Hall–Kier alpha value is -2.04. The summed E-state index contributed by atoms with van der Waals surface area (Å²) in [5.41, 5.74) is 1.41. The molecule has 19 heavy (non-hydrogen) atoms. The summed E-state index contributed by atoms with van der Waals surface area (Å²) in [6, 6.07) is 7.09. The molecule has 0 saturated carbocycles. The van der Waals surface area contributed by atoms with Crippen LogP contribution < -0.4 is 4.74 Å². The number of likely N-dealkylation sites (tertiary alicyclic amines) is 1. The minimum absolute atomic E-state index is 0.00601. The molecule has 5 nitrogen and oxygen atoms in total. The molecule has 1 aromatic carbocycles. The fourth-order valence-corrected chi connectivity index (χ4v) is 2.27. The third-order valence-corrected chi connectivity index (χ3v) is 3.45. The largest absolute Gasteiger partial charge is 0.497 e. The standard InChI is InChI=1S/C14H18N2O3/c1-10-9-16(8-7-13(10)15-18)14(17)11-3-5-12(19-2)6-4-11/h3-6,10,18H,7-9H2,1-2H3/b15-13-. The number of benzene rings is 1. The van der Waals surface area contributed by atoms with Crippen molar-refractivity contribution in [3.63, 3.8) is 0 Å². The Kier molecular flexibility index (Phi) is 4.04. The number of methoxy groups -OCH3 is 1. The zero-order valence-corrected chi connectivity index (χ0v) is 11.2. The molecule has 102 valence electrons. The zero-order valence-electron chi connectivity index (χ0n) is 11.2. The highest BCUT2D eigenvalue weighted by atomic mass is 16.5. The number of amides is 1. The van der Waals surface area contributed by atoms with Crippen LogP contribution in [0.5, 0.6) is 5.75 Å². The van der Waals surface area contributed by atoms with Crippen molar-refractivity contribution in [2.24, 2.45) is 11.1 Å². The van der Waals surface area contributed by atoms with Crippen molar-refractivity contribution < 1.29 is 14.7 Å². The number of rotatable bonds is 2. The van der Waals surface area contributed by atoms with Gasteiger partial charge in [0.15, 0.2) is 0 Å². The average molecular weight is 262 g/mol. The van der Waals surface area contributed by atoms with E-state index in [1.54, 1.807) is 36.3 Å². The minimum Gasteiger partial charge on any atom is -0.497 e. The van der Waals surface area contributed by atoms with E-state index in [1.807, 2.05) is 6.92 Å². The molecule has 1 aliphatic heterocycles. The maximum atomic E-state index is 12.3. The van der Waals surface area contributed by atoms with Gasteiger partial charge in [-0.05, 0) is 24.3 Å². The molecule has 0 spiro atoms. The molecule has 0 aromatic heterocycles. The topological polar surface area (TPSA) is 62.1 Å². The van der Waals surface area contributed by atoms with Crippen LogP contribution in [0.25, 0.3) is 0 Å². The lowest BCUT2D eigenvalue weighted by molar-refractivity contribution is 0.0734. The quantitative estimate of drug-likeness (QED) is 0.655. The first-order valence-electron chi connectivity index (χ1n) is 6.30. The molecule has 1 aromatic rings. The van der Waals surface area contributed by atoms with Gasteiger partial charge in [-0.2, -0.15) is 0 Å². The fraction of sp³-hybridized carbons (Fsp3) is 0.429. The number of nitrogens with zero attached hydrogens (tertiary/aromatic N) is 2. The second kappa shape index (κ2) is 5.73. The smallest absolute Gasteiger partial charge is 0.253 e. The summed E-state index contributed by atoms with van der Waals surface area (Å²) in [5, 5.41) is 12.1. The molecule has 0 aliphatic carbocycles. The van der Waals surface area contributed by atoms with Crippen molar-refractivity contribution in [1.82, 2.24) is 4.90 Å². The molecule has 1 amide bonds. The van der Waals surface area contributed by atoms with E-state index in [-0.39, 0.29) is 11.8 Å². The Bertz CT molecular complexity index is 482. The van der Waals surface area contributed by atoms with Crippen LogP contribution in [-0.2, 0) is 0 Å². The first-order chi connectivity index (χ1) is 9.15. The van der Waals surface area contributed by atoms with Gasteiger partial charge in [0.05, 0.1) is 12.8 Å². The maximum absolute atomic E-state index is 12.3. The Morgan fingerprint density at radius 2 is 2.11 bits per heavy atom. The summed E-state index contributed by atoms with van der Waals surface area (Å²) in [5.74, 6) is 0.839. The predicted octanol–water partition coefficient (Wildman–Crippen LogP) is 2.01. The maximum Gasteiger partial charge on any atom is 0.253 e. The van der Waals surface area contributed by atoms with E-state index in [2.05, 4.69) is 5.16 Å². The minimum atomic E-state index is 0.00601. The number of ether oxygens (including phenoxy) is 1. The molecule has 0 bridgehead atoms. The van der Waals surface area contributed by atoms with Crippen molar-refractivity contribution in [3.05, 3.63) is 29.8 Å². The highest BCUT2D eigenvalue weighted by Crippen LogP contribution is 2.18. The van der Waals surface area contributed by atoms with Crippen LogP contribution in [0.15, 0.2) is 29.4 Å². The lowest BCUT2D eigenvalue weighted by Gasteiger charge is -2.31. The van der Waals surface area contributed by atoms with Gasteiger partial charge in [-0.25, -0.2) is 0 Å². The number of hydrogen-bond donors (Lipinski definition) is 1. The summed E-state index contributed by atoms with van der Waals surface area (Å²) < 4.78 is 5.07. The normalized spacial score (nSPS) is 21.5. The van der Waals surface area contributed by atoms with Gasteiger partial charge < -0.3 is 14.8 Å². The molecule has 0 radical (unpaired) electrons. The first-order valence-corrected chi connectivity index (χ1v) is 6.30. The Morgan fingerprint density at radius 3 is 2.63 bits per heavy atom. The van der Waals surface area contributed by atoms with E-state index in [0.717, 1.165) is 11.5 Å². The monoisotopic (exact) mass is 262 g/mol. The summed E-state index contributed by atoms with van der Waals surface area (Å²) in [6.45, 7) is 3.14. The van der Waals surface area contributed by atoms with E-state index >= 15 is 0 Å². The van der Waals surface area contributed by atoms with Crippen LogP contribution in [0.3, 0.4) is 0 Å². The van der Waals surface area contributed by atoms with Crippen LogP contribution in [0.4, 0.5) is 0 Å². The summed E-state index contributed by atoms with van der Waals surface area (Å²) in [6.07, 6.45) is 0.625. The van der Waals surface area contributed by atoms with E-state index < -0.39 is 0 Å². The van der Waals surface area contributed by atoms with Gasteiger partial charge in [-0.1, -0.05) is 12.1 Å². The number of piperidine rings is 1. The molecule has 2 rings (SSSR count). The predicted molar refractivity (Wildman–Crippen MR) is 71.9 cm³/mol. The molecule has 1 N–H and O–H groups in total. The van der Waals surface area contributed by atoms with E-state index in [9.17, 15) is 4.79 Å². The lowest BCUT2D eigenvalue weighted by Crippen LogP contribution is -2.43. The number of carbonyl (C=O) groups excluding carboxylic acids is 1. The average Bonchev–Trinajstić information content (AvgIpc) is 2.46. The summed E-state index contributed by atoms with van der Waals surface area (Å²) in [4.78, 5) is 14.1. The summed E-state index contributed by atoms with van der Waals surface area (Å²) in [7, 11) is 1.60. The molecule has 1 heterocycles. The second-order valence-corrected chi connectivity index (χ2v) is 4.72. The van der Waals surface area contributed by atoms with Crippen molar-refractivity contribution in [2.45, 2.75) is 13.3 Å². The Morgan fingerprint density at radius 1 is 1.42 bits per heavy atom. The highest BCUT2D eigenvalue weighted by Gasteiger charge is 2.26. The van der Waals surface area contributed by atoms with Crippen LogP contribution >= 0.6 is 0 Å². The van der Waals surface area contributed by atoms with Gasteiger partial charge in [0.2, 0.25) is 0 Å². The molecule has 1 fully saturated rings. The molecular formula is C14H18N2O3. The zero-order chi connectivity index (χ0) is 13.8. The van der Waals surface area contributed by atoms with E-state index in [0.29, 0.717) is 25.1 Å². The number of oxime groups is 1. The van der Waals surface area contributed by atoms with Gasteiger partial charge in [-0.15, -0.1) is 0 Å². The molecule has 5 heteroatoms. The third kappa shape index (κ3) is 2.86. The van der Waals surface area contributed by atoms with E-state index in [4.69, 9.17) is 9.94 Å². The van der Waals surface area contributed by atoms with Crippen LogP contribution in [-0.4, -0.2) is 41.9 Å². The van der Waals surface area contributed by atoms with Crippen molar-refractivity contribution in [1.29, 1.82) is 0 Å². The molecule has 1 aliphatic rings. The van der Waals surface area contributed by atoms with E-state index in [1.165, 1.54) is 0 Å². The van der Waals surface area contributed by atoms with Crippen LogP contribution in [0, 0.1) is 5.92 Å². The van der Waals surface area contributed by atoms with Gasteiger partial charge in [0.1, 0.15) is 5.75 Å². The van der Waals surface area contributed by atoms with Crippen LogP contribution in [0.1, 0.15) is 23.7 Å². The molecule has 1 saturated heterocycles. The highest BCUT2D eigenvalue weighted by molar-refractivity contribution is 5.96. The first kappa shape index (κ1) is 13.4. The number of hydrogen-bond acceptors (Lipinski definition) is 4. The Balaban J connectivity index is 2.07. The van der Waals surface area contributed by atoms with Crippen molar-refractivity contribution >= 4 is 11.6 Å². The number of carbonyl (C=O) groups is 1. The lowest BCUT2D eigenvalue weighted by atomic mass is 9.97. The fourth-order valence-electron chi connectivity index (χ4n) is 2.27. The van der Waals surface area contributed by atoms with Gasteiger partial charge in [0.25, 0.3) is 5.91 Å². The van der Waals surface area contributed by atoms with Gasteiger partial charge in [-0.3, -0.25) is 4.79 Å². The molecule has 1 unspecified atom stereocenters. The Labute approximate surface area is 112 Å². The van der Waals surface area contributed by atoms with Gasteiger partial charge in [0, 0.05) is 31.0 Å². The third-order valence-electron chi connectivity index (χ3n) is 3.45. The van der Waals surface area contributed by atoms with Crippen molar-refractivity contribution in [3.8, 4) is 5.75 Å². The molecular weight excluding hydrogens is 244 g/mol. The second-order valence-electron chi connectivity index (χ2n) is 4.72. The van der Waals surface area contributed by atoms with Gasteiger partial charge >= 0.3 is 0 Å². The van der Waals surface area contributed by atoms with Crippen molar-refractivity contribution in [2.75, 3.05) is 20.2 Å². The molecule has 1 atom stereocenters. The SMILES string of the molecule is COc1ccc(C(=O)N2CC/C(=N/O)C(C)C2)cc1. The van der Waals surface area contributed by atoms with Crippen LogP contribution in [0.2, 0.25) is 0 Å².